The van der Waals surface area contributed by atoms with E-state index in [4.69, 9.17) is 5.73 Å². The highest BCUT2D eigenvalue weighted by atomic mass is 19.1. The van der Waals surface area contributed by atoms with Gasteiger partial charge in [0, 0.05) is 0 Å². The fraction of sp³-hybridized carbons (Fsp3) is 0.125. The van der Waals surface area contributed by atoms with E-state index in [2.05, 4.69) is 15.3 Å². The summed E-state index contributed by atoms with van der Waals surface area (Å²) in [5.41, 5.74) is 8.43. The van der Waals surface area contributed by atoms with Crippen molar-refractivity contribution in [2.24, 2.45) is 0 Å². The number of fused-ring (bicyclic) bond motifs is 1. The maximum Gasteiger partial charge on any atom is 0.170 e. The third-order valence-corrected chi connectivity index (χ3v) is 3.32. The van der Waals surface area contributed by atoms with Crippen molar-refractivity contribution >= 4 is 22.7 Å². The van der Waals surface area contributed by atoms with Crippen molar-refractivity contribution in [1.29, 1.82) is 0 Å². The molecule has 21 heavy (non-hydrogen) atoms. The largest absolute Gasteiger partial charge is 0.381 e. The predicted molar refractivity (Wildman–Crippen MR) is 82.4 cm³/mol. The number of benzene rings is 2. The fourth-order valence-corrected chi connectivity index (χ4v) is 2.16. The molecule has 1 heterocycles. The van der Waals surface area contributed by atoms with E-state index in [-0.39, 0.29) is 11.9 Å². The molecule has 0 fully saturated rings. The summed E-state index contributed by atoms with van der Waals surface area (Å²) in [6, 6.07) is 13.8. The zero-order valence-electron chi connectivity index (χ0n) is 11.5. The normalized spacial score (nSPS) is 12.3. The summed E-state index contributed by atoms with van der Waals surface area (Å²) in [6.07, 6.45) is 0. The number of halogens is 1. The van der Waals surface area contributed by atoms with Crippen molar-refractivity contribution in [1.82, 2.24) is 9.97 Å². The van der Waals surface area contributed by atoms with Crippen LogP contribution in [0.3, 0.4) is 0 Å². The number of hydrogen-bond acceptors (Lipinski definition) is 4. The van der Waals surface area contributed by atoms with Gasteiger partial charge in [0.1, 0.15) is 5.82 Å². The van der Waals surface area contributed by atoms with E-state index in [1.165, 1.54) is 12.1 Å². The second kappa shape index (κ2) is 5.36. The number of hydrogen-bond donors (Lipinski definition) is 2. The molecule has 0 aliphatic carbocycles. The molecule has 1 unspecified atom stereocenters. The topological polar surface area (TPSA) is 63.8 Å². The van der Waals surface area contributed by atoms with Crippen LogP contribution >= 0.6 is 0 Å². The third kappa shape index (κ3) is 2.76. The number of nitrogens with zero attached hydrogens (tertiary/aromatic N) is 2. The first kappa shape index (κ1) is 13.3. The van der Waals surface area contributed by atoms with Crippen molar-refractivity contribution < 1.29 is 4.39 Å². The zero-order chi connectivity index (χ0) is 14.8. The van der Waals surface area contributed by atoms with Crippen LogP contribution in [0.1, 0.15) is 18.5 Å². The smallest absolute Gasteiger partial charge is 0.170 e. The molecule has 0 spiro atoms. The molecule has 0 aliphatic heterocycles. The number of nitrogen functional groups attached to an aromatic ring is 1. The van der Waals surface area contributed by atoms with Crippen molar-refractivity contribution in [3.63, 3.8) is 0 Å². The molecule has 5 heteroatoms. The molecule has 1 aromatic heterocycles. The molecule has 3 aromatic rings. The average Bonchev–Trinajstić information content (AvgIpc) is 2.48. The number of para-hydroxylation sites is 2. The maximum absolute atomic E-state index is 13.0. The van der Waals surface area contributed by atoms with Gasteiger partial charge >= 0.3 is 0 Å². The van der Waals surface area contributed by atoms with E-state index in [0.29, 0.717) is 11.6 Å². The molecule has 0 saturated heterocycles. The Balaban J connectivity index is 1.90. The lowest BCUT2D eigenvalue weighted by molar-refractivity contribution is 0.626. The van der Waals surface area contributed by atoms with Gasteiger partial charge in [-0.05, 0) is 36.8 Å². The molecule has 2 aromatic carbocycles. The first-order chi connectivity index (χ1) is 10.1. The van der Waals surface area contributed by atoms with Crippen LogP contribution in [0.15, 0.2) is 48.5 Å². The molecular weight excluding hydrogens is 267 g/mol. The Morgan fingerprint density at radius 1 is 1.00 bits per heavy atom. The zero-order valence-corrected chi connectivity index (χ0v) is 11.5. The van der Waals surface area contributed by atoms with Gasteiger partial charge in [-0.15, -0.1) is 0 Å². The quantitative estimate of drug-likeness (QED) is 0.771. The predicted octanol–water partition coefficient (Wildman–Crippen LogP) is 3.52. The second-order valence-electron chi connectivity index (χ2n) is 4.86. The third-order valence-electron chi connectivity index (χ3n) is 3.32. The van der Waals surface area contributed by atoms with Crippen molar-refractivity contribution in [3.8, 4) is 0 Å². The van der Waals surface area contributed by atoms with Crippen LogP contribution in [0.25, 0.3) is 11.0 Å². The summed E-state index contributed by atoms with van der Waals surface area (Å²) in [4.78, 5) is 8.81. The summed E-state index contributed by atoms with van der Waals surface area (Å²) < 4.78 is 13.0. The van der Waals surface area contributed by atoms with Gasteiger partial charge < -0.3 is 11.1 Å². The maximum atomic E-state index is 13.0. The highest BCUT2D eigenvalue weighted by molar-refractivity contribution is 5.79. The average molecular weight is 282 g/mol. The highest BCUT2D eigenvalue weighted by Gasteiger charge is 2.10. The number of aromatic nitrogens is 2. The van der Waals surface area contributed by atoms with Crippen molar-refractivity contribution in [3.05, 3.63) is 59.9 Å². The SMILES string of the molecule is CC(Nc1nc2ccccc2nc1N)c1ccc(F)cc1. The number of nitrogens with two attached hydrogens (primary N) is 1. The molecule has 4 nitrogen and oxygen atoms in total. The minimum absolute atomic E-state index is 0.0524. The molecule has 106 valence electrons. The van der Waals surface area contributed by atoms with Crippen molar-refractivity contribution in [2.45, 2.75) is 13.0 Å². The van der Waals surface area contributed by atoms with E-state index >= 15 is 0 Å². The van der Waals surface area contributed by atoms with E-state index in [1.807, 2.05) is 31.2 Å². The van der Waals surface area contributed by atoms with Crippen LogP contribution in [0.2, 0.25) is 0 Å². The lowest BCUT2D eigenvalue weighted by Crippen LogP contribution is -2.11. The van der Waals surface area contributed by atoms with Gasteiger partial charge in [0.05, 0.1) is 17.1 Å². The lowest BCUT2D eigenvalue weighted by Gasteiger charge is -2.16. The minimum atomic E-state index is -0.254. The molecule has 3 N–H and O–H groups in total. The molecular formula is C16H15FN4. The summed E-state index contributed by atoms with van der Waals surface area (Å²) >= 11 is 0. The van der Waals surface area contributed by atoms with E-state index < -0.39 is 0 Å². The molecule has 0 amide bonds. The summed E-state index contributed by atoms with van der Waals surface area (Å²) in [6.45, 7) is 1.96. The Morgan fingerprint density at radius 3 is 2.29 bits per heavy atom. The molecule has 3 rings (SSSR count). The Kier molecular flexibility index (Phi) is 3.39. The van der Waals surface area contributed by atoms with Crippen LogP contribution in [0, 0.1) is 5.82 Å². The summed E-state index contributed by atoms with van der Waals surface area (Å²) in [5, 5.41) is 3.22. The monoisotopic (exact) mass is 282 g/mol. The van der Waals surface area contributed by atoms with Gasteiger partial charge in [0.2, 0.25) is 0 Å². The molecule has 0 saturated carbocycles. The second-order valence-corrected chi connectivity index (χ2v) is 4.86. The van der Waals surface area contributed by atoms with E-state index in [9.17, 15) is 4.39 Å². The van der Waals surface area contributed by atoms with Crippen LogP contribution in [-0.4, -0.2) is 9.97 Å². The van der Waals surface area contributed by atoms with Crippen LogP contribution in [0.4, 0.5) is 16.0 Å². The minimum Gasteiger partial charge on any atom is -0.381 e. The molecule has 0 aliphatic rings. The molecule has 1 atom stereocenters. The molecule has 0 bridgehead atoms. The van der Waals surface area contributed by atoms with E-state index in [1.54, 1.807) is 12.1 Å². The Morgan fingerprint density at radius 2 is 1.62 bits per heavy atom. The Labute approximate surface area is 121 Å². The number of nitrogens with one attached hydrogen (secondary N) is 1. The van der Waals surface area contributed by atoms with E-state index in [0.717, 1.165) is 16.6 Å². The van der Waals surface area contributed by atoms with Gasteiger partial charge in [-0.1, -0.05) is 24.3 Å². The fourth-order valence-electron chi connectivity index (χ4n) is 2.16. The van der Waals surface area contributed by atoms with Gasteiger partial charge in [0.25, 0.3) is 0 Å². The van der Waals surface area contributed by atoms with Gasteiger partial charge in [-0.25, -0.2) is 14.4 Å². The Hall–Kier alpha value is -2.69. The number of rotatable bonds is 3. The molecule has 0 radical (unpaired) electrons. The van der Waals surface area contributed by atoms with Gasteiger partial charge in [-0.3, -0.25) is 0 Å². The van der Waals surface area contributed by atoms with Gasteiger partial charge in [-0.2, -0.15) is 0 Å². The first-order valence-electron chi connectivity index (χ1n) is 6.68. The van der Waals surface area contributed by atoms with Gasteiger partial charge in [0.15, 0.2) is 11.6 Å². The highest BCUT2D eigenvalue weighted by Crippen LogP contribution is 2.23. The van der Waals surface area contributed by atoms with Crippen molar-refractivity contribution in [2.75, 3.05) is 11.1 Å². The summed E-state index contributed by atoms with van der Waals surface area (Å²) in [7, 11) is 0. The lowest BCUT2D eigenvalue weighted by atomic mass is 10.1. The summed E-state index contributed by atoms with van der Waals surface area (Å²) in [5.74, 6) is 0.629. The first-order valence-corrected chi connectivity index (χ1v) is 6.68. The Bertz CT molecular complexity index is 771. The number of anilines is 2. The van der Waals surface area contributed by atoms with Crippen LogP contribution in [0.5, 0.6) is 0 Å². The van der Waals surface area contributed by atoms with Crippen LogP contribution < -0.4 is 11.1 Å². The van der Waals surface area contributed by atoms with Crippen LogP contribution in [-0.2, 0) is 0 Å². The standard InChI is InChI=1S/C16H15FN4/c1-10(11-6-8-12(17)9-7-11)19-16-15(18)20-13-4-2-3-5-14(13)21-16/h2-10H,1H3,(H2,18,20)(H,19,21).